The van der Waals surface area contributed by atoms with Crippen LogP contribution in [0.2, 0.25) is 0 Å². The van der Waals surface area contributed by atoms with Crippen LogP contribution in [0.1, 0.15) is 26.3 Å². The number of likely N-dealkylation sites (N-methyl/N-ethyl adjacent to an activating group) is 2. The Bertz CT molecular complexity index is 589. The van der Waals surface area contributed by atoms with E-state index in [9.17, 15) is 14.4 Å². The highest BCUT2D eigenvalue weighted by atomic mass is 16.2. The minimum Gasteiger partial charge on any atom is -0.355 e. The molecule has 0 aliphatic carbocycles. The molecule has 0 saturated carbocycles. The molecule has 0 fully saturated rings. The molecule has 7 heteroatoms. The number of para-hydroxylation sites is 1. The fourth-order valence-corrected chi connectivity index (χ4v) is 2.32. The predicted molar refractivity (Wildman–Crippen MR) is 98.3 cm³/mol. The van der Waals surface area contributed by atoms with Crippen LogP contribution in [0.15, 0.2) is 24.3 Å². The Balaban J connectivity index is 2.41. The summed E-state index contributed by atoms with van der Waals surface area (Å²) in [5.74, 6) is -0.683. The van der Waals surface area contributed by atoms with E-state index in [4.69, 9.17) is 0 Å². The SMILES string of the molecule is CCNC(=O)CN(CC)CC(=O)NCC(=O)Nc1ccccc1CC. The molecule has 0 aliphatic rings. The van der Waals surface area contributed by atoms with Crippen molar-refractivity contribution in [1.29, 1.82) is 0 Å². The van der Waals surface area contributed by atoms with Gasteiger partial charge in [0, 0.05) is 12.2 Å². The molecular weight excluding hydrogens is 320 g/mol. The molecule has 0 saturated heterocycles. The summed E-state index contributed by atoms with van der Waals surface area (Å²) in [5, 5.41) is 8.08. The molecule has 1 aromatic carbocycles. The molecule has 0 heterocycles. The van der Waals surface area contributed by atoms with Gasteiger partial charge in [0.05, 0.1) is 19.6 Å². The number of amides is 3. The molecule has 0 spiro atoms. The Morgan fingerprint density at radius 2 is 1.56 bits per heavy atom. The van der Waals surface area contributed by atoms with E-state index < -0.39 is 0 Å². The zero-order chi connectivity index (χ0) is 18.7. The lowest BCUT2D eigenvalue weighted by atomic mass is 10.1. The van der Waals surface area contributed by atoms with E-state index in [0.29, 0.717) is 13.1 Å². The average Bonchev–Trinajstić information content (AvgIpc) is 2.60. The summed E-state index contributed by atoms with van der Waals surface area (Å²) >= 11 is 0. The van der Waals surface area contributed by atoms with Crippen LogP contribution in [-0.2, 0) is 20.8 Å². The van der Waals surface area contributed by atoms with E-state index >= 15 is 0 Å². The molecule has 0 aromatic heterocycles. The quantitative estimate of drug-likeness (QED) is 0.582. The minimum absolute atomic E-state index is 0.0759. The first-order valence-electron chi connectivity index (χ1n) is 8.63. The fourth-order valence-electron chi connectivity index (χ4n) is 2.32. The molecule has 3 amide bonds. The summed E-state index contributed by atoms with van der Waals surface area (Å²) in [4.78, 5) is 37.3. The van der Waals surface area contributed by atoms with Crippen molar-refractivity contribution in [2.75, 3.05) is 38.0 Å². The summed E-state index contributed by atoms with van der Waals surface area (Å²) in [6.07, 6.45) is 0.814. The fraction of sp³-hybridized carbons (Fsp3) is 0.500. The third-order valence-corrected chi connectivity index (χ3v) is 3.67. The molecule has 0 radical (unpaired) electrons. The number of nitrogens with zero attached hydrogens (tertiary/aromatic N) is 1. The van der Waals surface area contributed by atoms with Gasteiger partial charge in [-0.15, -0.1) is 0 Å². The van der Waals surface area contributed by atoms with Gasteiger partial charge in [-0.3, -0.25) is 19.3 Å². The number of hydrogen-bond acceptors (Lipinski definition) is 4. The first-order valence-corrected chi connectivity index (χ1v) is 8.63. The summed E-state index contributed by atoms with van der Waals surface area (Å²) < 4.78 is 0. The lowest BCUT2D eigenvalue weighted by Crippen LogP contribution is -2.44. The van der Waals surface area contributed by atoms with Crippen LogP contribution in [0.4, 0.5) is 5.69 Å². The highest BCUT2D eigenvalue weighted by Gasteiger charge is 2.13. The van der Waals surface area contributed by atoms with E-state index in [1.807, 2.05) is 45.0 Å². The van der Waals surface area contributed by atoms with Gasteiger partial charge in [-0.1, -0.05) is 32.0 Å². The smallest absolute Gasteiger partial charge is 0.243 e. The number of anilines is 1. The molecule has 0 atom stereocenters. The maximum absolute atomic E-state index is 12.0. The zero-order valence-corrected chi connectivity index (χ0v) is 15.2. The van der Waals surface area contributed by atoms with Crippen molar-refractivity contribution in [3.05, 3.63) is 29.8 Å². The Kier molecular flexibility index (Phi) is 9.24. The molecule has 0 aliphatic heterocycles. The molecule has 7 nitrogen and oxygen atoms in total. The van der Waals surface area contributed by atoms with Crippen LogP contribution in [0, 0.1) is 0 Å². The van der Waals surface area contributed by atoms with Crippen molar-refractivity contribution < 1.29 is 14.4 Å². The monoisotopic (exact) mass is 348 g/mol. The Hall–Kier alpha value is -2.41. The van der Waals surface area contributed by atoms with Gasteiger partial charge in [-0.05, 0) is 31.5 Å². The lowest BCUT2D eigenvalue weighted by molar-refractivity contribution is -0.126. The van der Waals surface area contributed by atoms with Crippen LogP contribution in [0.5, 0.6) is 0 Å². The van der Waals surface area contributed by atoms with Crippen LogP contribution < -0.4 is 16.0 Å². The highest BCUT2D eigenvalue weighted by molar-refractivity contribution is 5.95. The molecule has 25 heavy (non-hydrogen) atoms. The largest absolute Gasteiger partial charge is 0.355 e. The van der Waals surface area contributed by atoms with E-state index in [-0.39, 0.29) is 37.4 Å². The minimum atomic E-state index is -0.287. The topological polar surface area (TPSA) is 90.5 Å². The number of aryl methyl sites for hydroxylation is 1. The van der Waals surface area contributed by atoms with Gasteiger partial charge in [0.1, 0.15) is 0 Å². The second-order valence-corrected chi connectivity index (χ2v) is 5.59. The summed E-state index contributed by atoms with van der Waals surface area (Å²) in [7, 11) is 0. The molecule has 0 bridgehead atoms. The molecule has 1 aromatic rings. The predicted octanol–water partition coefficient (Wildman–Crippen LogP) is 0.762. The lowest BCUT2D eigenvalue weighted by Gasteiger charge is -2.19. The number of rotatable bonds is 10. The second kappa shape index (κ2) is 11.2. The van der Waals surface area contributed by atoms with Gasteiger partial charge in [0.25, 0.3) is 0 Å². The van der Waals surface area contributed by atoms with Crippen molar-refractivity contribution in [3.63, 3.8) is 0 Å². The van der Waals surface area contributed by atoms with E-state index in [1.165, 1.54) is 0 Å². The van der Waals surface area contributed by atoms with E-state index in [0.717, 1.165) is 17.7 Å². The maximum Gasteiger partial charge on any atom is 0.243 e. The maximum atomic E-state index is 12.0. The van der Waals surface area contributed by atoms with E-state index in [1.54, 1.807) is 4.90 Å². The second-order valence-electron chi connectivity index (χ2n) is 5.59. The highest BCUT2D eigenvalue weighted by Crippen LogP contribution is 2.14. The van der Waals surface area contributed by atoms with Crippen molar-refractivity contribution in [2.24, 2.45) is 0 Å². The third kappa shape index (κ3) is 7.80. The summed E-state index contributed by atoms with van der Waals surface area (Å²) in [6, 6.07) is 7.57. The van der Waals surface area contributed by atoms with Gasteiger partial charge in [-0.2, -0.15) is 0 Å². The average molecular weight is 348 g/mol. The van der Waals surface area contributed by atoms with Gasteiger partial charge in [-0.25, -0.2) is 0 Å². The van der Waals surface area contributed by atoms with Gasteiger partial charge >= 0.3 is 0 Å². The Morgan fingerprint density at radius 1 is 0.920 bits per heavy atom. The van der Waals surface area contributed by atoms with Gasteiger partial charge in [0.15, 0.2) is 0 Å². The molecule has 138 valence electrons. The van der Waals surface area contributed by atoms with Gasteiger partial charge < -0.3 is 16.0 Å². The number of nitrogens with one attached hydrogen (secondary N) is 3. The zero-order valence-electron chi connectivity index (χ0n) is 15.2. The van der Waals surface area contributed by atoms with Crippen LogP contribution in [0.3, 0.4) is 0 Å². The molecule has 0 unspecified atom stereocenters. The Labute approximate surface area is 149 Å². The van der Waals surface area contributed by atoms with Crippen molar-refractivity contribution in [3.8, 4) is 0 Å². The standard InChI is InChI=1S/C18H28N4O3/c1-4-14-9-7-8-10-15(14)21-16(23)11-20-18(25)13-22(6-3)12-17(24)19-5-2/h7-10H,4-6,11-13H2,1-3H3,(H,19,24)(H,20,25)(H,21,23). The van der Waals surface area contributed by atoms with Gasteiger partial charge in [0.2, 0.25) is 17.7 Å². The molecular formula is C18H28N4O3. The molecule has 3 N–H and O–H groups in total. The Morgan fingerprint density at radius 3 is 2.16 bits per heavy atom. The summed E-state index contributed by atoms with van der Waals surface area (Å²) in [5.41, 5.74) is 1.80. The van der Waals surface area contributed by atoms with Crippen LogP contribution >= 0.6 is 0 Å². The number of benzene rings is 1. The van der Waals surface area contributed by atoms with Crippen molar-refractivity contribution in [2.45, 2.75) is 27.2 Å². The van der Waals surface area contributed by atoms with Crippen molar-refractivity contribution >= 4 is 23.4 Å². The van der Waals surface area contributed by atoms with Crippen molar-refractivity contribution in [1.82, 2.24) is 15.5 Å². The van der Waals surface area contributed by atoms with E-state index in [2.05, 4.69) is 16.0 Å². The summed E-state index contributed by atoms with van der Waals surface area (Å²) in [6.45, 7) is 7.00. The first kappa shape index (κ1) is 20.6. The first-order chi connectivity index (χ1) is 12.0. The van der Waals surface area contributed by atoms with Crippen LogP contribution in [-0.4, -0.2) is 55.3 Å². The molecule has 1 rings (SSSR count). The number of hydrogen-bond donors (Lipinski definition) is 3. The third-order valence-electron chi connectivity index (χ3n) is 3.67. The van der Waals surface area contributed by atoms with Crippen LogP contribution in [0.25, 0.3) is 0 Å². The normalized spacial score (nSPS) is 10.4. The number of carbonyl (C=O) groups is 3. The number of carbonyl (C=O) groups excluding carboxylic acids is 3.